The number of aliphatic hydroxyl groups is 1. The number of hydrogen-bond donors (Lipinski definition) is 1. The van der Waals surface area contributed by atoms with Crippen LogP contribution in [0.1, 0.15) is 53.9 Å². The molecule has 1 N–H and O–H groups in total. The fraction of sp³-hybridized carbons (Fsp3) is 0.929. The molecule has 0 heterocycles. The van der Waals surface area contributed by atoms with E-state index < -0.39 is 11.6 Å². The molecule has 17 heavy (non-hydrogen) atoms. The van der Waals surface area contributed by atoms with Crippen LogP contribution in [-0.2, 0) is 9.53 Å². The molecular formula is C14H26O3. The Hall–Kier alpha value is -0.570. The summed E-state index contributed by atoms with van der Waals surface area (Å²) in [5.41, 5.74) is -1.09. The predicted octanol–water partition coefficient (Wildman–Crippen LogP) is 2.76. The van der Waals surface area contributed by atoms with Gasteiger partial charge in [-0.3, -0.25) is 0 Å². The largest absolute Gasteiger partial charge is 0.464 e. The Labute approximate surface area is 105 Å². The minimum atomic E-state index is -1.30. The molecule has 0 saturated heterocycles. The zero-order valence-electron chi connectivity index (χ0n) is 11.7. The zero-order chi connectivity index (χ0) is 13.3. The molecule has 100 valence electrons. The van der Waals surface area contributed by atoms with E-state index in [2.05, 4.69) is 20.8 Å². The van der Waals surface area contributed by atoms with Crippen LogP contribution in [0.5, 0.6) is 0 Å². The number of carbonyl (C=O) groups is 1. The third-order valence-corrected chi connectivity index (χ3v) is 4.12. The lowest BCUT2D eigenvalue weighted by molar-refractivity contribution is -0.173. The van der Waals surface area contributed by atoms with Crippen molar-refractivity contribution in [2.24, 2.45) is 17.3 Å². The van der Waals surface area contributed by atoms with E-state index >= 15 is 0 Å². The summed E-state index contributed by atoms with van der Waals surface area (Å²) in [7, 11) is 0. The molecule has 1 fully saturated rings. The molecule has 0 aromatic carbocycles. The van der Waals surface area contributed by atoms with E-state index in [-0.39, 0.29) is 11.3 Å². The van der Waals surface area contributed by atoms with Crippen LogP contribution in [0.25, 0.3) is 0 Å². The topological polar surface area (TPSA) is 46.5 Å². The van der Waals surface area contributed by atoms with Crippen LogP contribution < -0.4 is 0 Å². The molecule has 3 nitrogen and oxygen atoms in total. The standard InChI is InChI=1S/C14H26O3/c1-6-14(16,12(15)17-7-2)11-9-13(4,5)8-10(11)3/h10-11,16H,6-9H2,1-5H3. The van der Waals surface area contributed by atoms with Crippen LogP contribution >= 0.6 is 0 Å². The highest BCUT2D eigenvalue weighted by molar-refractivity contribution is 5.79. The summed E-state index contributed by atoms with van der Waals surface area (Å²) in [4.78, 5) is 12.0. The Morgan fingerprint density at radius 3 is 2.35 bits per heavy atom. The molecule has 0 spiro atoms. The van der Waals surface area contributed by atoms with Gasteiger partial charge in [0, 0.05) is 5.92 Å². The molecule has 3 atom stereocenters. The molecule has 1 saturated carbocycles. The second-order valence-electron chi connectivity index (χ2n) is 6.15. The highest BCUT2D eigenvalue weighted by Crippen LogP contribution is 2.50. The van der Waals surface area contributed by atoms with E-state index in [1.165, 1.54) is 0 Å². The van der Waals surface area contributed by atoms with Gasteiger partial charge in [0.1, 0.15) is 0 Å². The van der Waals surface area contributed by atoms with E-state index in [0.29, 0.717) is 18.9 Å². The molecule has 0 aliphatic heterocycles. The second kappa shape index (κ2) is 4.97. The maximum absolute atomic E-state index is 12.0. The van der Waals surface area contributed by atoms with E-state index in [9.17, 15) is 9.90 Å². The Kier molecular flexibility index (Phi) is 4.23. The first-order valence-electron chi connectivity index (χ1n) is 6.66. The van der Waals surface area contributed by atoms with Crippen molar-refractivity contribution >= 4 is 5.97 Å². The monoisotopic (exact) mass is 242 g/mol. The quantitative estimate of drug-likeness (QED) is 0.771. The maximum atomic E-state index is 12.0. The molecule has 1 rings (SSSR count). The van der Waals surface area contributed by atoms with Gasteiger partial charge in [-0.2, -0.15) is 0 Å². The fourth-order valence-electron chi connectivity index (χ4n) is 3.35. The van der Waals surface area contributed by atoms with Crippen molar-refractivity contribution in [1.29, 1.82) is 0 Å². The van der Waals surface area contributed by atoms with Crippen molar-refractivity contribution in [3.63, 3.8) is 0 Å². The normalized spacial score (nSPS) is 30.9. The summed E-state index contributed by atoms with van der Waals surface area (Å²) in [5.74, 6) is -0.0713. The van der Waals surface area contributed by atoms with E-state index in [4.69, 9.17) is 4.74 Å². The van der Waals surface area contributed by atoms with E-state index in [0.717, 1.165) is 12.8 Å². The van der Waals surface area contributed by atoms with E-state index in [1.54, 1.807) is 6.92 Å². The van der Waals surface area contributed by atoms with Gasteiger partial charge in [-0.05, 0) is 37.5 Å². The van der Waals surface area contributed by atoms with Gasteiger partial charge in [-0.15, -0.1) is 0 Å². The molecule has 3 unspecified atom stereocenters. The summed E-state index contributed by atoms with van der Waals surface area (Å²) in [6.07, 6.45) is 2.37. The van der Waals surface area contributed by atoms with Crippen LogP contribution in [0, 0.1) is 17.3 Å². The third kappa shape index (κ3) is 2.82. The molecule has 0 aromatic heterocycles. The average Bonchev–Trinajstić information content (AvgIpc) is 2.51. The van der Waals surface area contributed by atoms with Crippen LogP contribution in [-0.4, -0.2) is 23.3 Å². The number of hydrogen-bond acceptors (Lipinski definition) is 3. The van der Waals surface area contributed by atoms with Gasteiger partial charge in [0.2, 0.25) is 0 Å². The van der Waals surface area contributed by atoms with Crippen molar-refractivity contribution in [1.82, 2.24) is 0 Å². The van der Waals surface area contributed by atoms with Crippen LogP contribution in [0.3, 0.4) is 0 Å². The van der Waals surface area contributed by atoms with Crippen molar-refractivity contribution in [2.45, 2.75) is 59.5 Å². The van der Waals surface area contributed by atoms with Gasteiger partial charge >= 0.3 is 5.97 Å². The van der Waals surface area contributed by atoms with Gasteiger partial charge in [0.15, 0.2) is 5.60 Å². The highest BCUT2D eigenvalue weighted by atomic mass is 16.5. The van der Waals surface area contributed by atoms with Crippen molar-refractivity contribution in [2.75, 3.05) is 6.61 Å². The molecule has 3 heteroatoms. The molecule has 0 radical (unpaired) electrons. The zero-order valence-corrected chi connectivity index (χ0v) is 11.7. The Morgan fingerprint density at radius 2 is 2.00 bits per heavy atom. The summed E-state index contributed by atoms with van der Waals surface area (Å²) in [5, 5.41) is 10.6. The Bertz CT molecular complexity index is 285. The van der Waals surface area contributed by atoms with Gasteiger partial charge in [0.05, 0.1) is 6.61 Å². The lowest BCUT2D eigenvalue weighted by atomic mass is 9.78. The first-order valence-corrected chi connectivity index (χ1v) is 6.66. The number of carbonyl (C=O) groups excluding carboxylic acids is 1. The van der Waals surface area contributed by atoms with Gasteiger partial charge < -0.3 is 9.84 Å². The SMILES string of the molecule is CCOC(=O)C(O)(CC)C1CC(C)(C)CC1C. The summed E-state index contributed by atoms with van der Waals surface area (Å²) in [6.45, 7) is 10.5. The van der Waals surface area contributed by atoms with Crippen molar-refractivity contribution in [3.05, 3.63) is 0 Å². The fourth-order valence-corrected chi connectivity index (χ4v) is 3.35. The Balaban J connectivity index is 2.90. The van der Waals surface area contributed by atoms with E-state index in [1.807, 2.05) is 6.92 Å². The maximum Gasteiger partial charge on any atom is 0.338 e. The minimum Gasteiger partial charge on any atom is -0.464 e. The predicted molar refractivity (Wildman–Crippen MR) is 67.5 cm³/mol. The molecular weight excluding hydrogens is 216 g/mol. The van der Waals surface area contributed by atoms with Gasteiger partial charge in [0.25, 0.3) is 0 Å². The smallest absolute Gasteiger partial charge is 0.338 e. The molecule has 0 amide bonds. The van der Waals surface area contributed by atoms with Gasteiger partial charge in [-0.25, -0.2) is 4.79 Å². The lowest BCUT2D eigenvalue weighted by Crippen LogP contribution is -2.47. The summed E-state index contributed by atoms with van der Waals surface area (Å²) < 4.78 is 5.04. The van der Waals surface area contributed by atoms with Gasteiger partial charge in [-0.1, -0.05) is 27.7 Å². The van der Waals surface area contributed by atoms with Crippen LogP contribution in [0.4, 0.5) is 0 Å². The second-order valence-corrected chi connectivity index (χ2v) is 6.15. The Morgan fingerprint density at radius 1 is 1.41 bits per heavy atom. The molecule has 1 aliphatic carbocycles. The minimum absolute atomic E-state index is 0.0153. The average molecular weight is 242 g/mol. The first-order chi connectivity index (χ1) is 7.77. The number of esters is 1. The highest BCUT2D eigenvalue weighted by Gasteiger charge is 2.51. The van der Waals surface area contributed by atoms with Crippen LogP contribution in [0.2, 0.25) is 0 Å². The molecule has 0 aromatic rings. The number of rotatable bonds is 4. The van der Waals surface area contributed by atoms with Crippen molar-refractivity contribution < 1.29 is 14.6 Å². The summed E-state index contributed by atoms with van der Waals surface area (Å²) >= 11 is 0. The van der Waals surface area contributed by atoms with Crippen molar-refractivity contribution in [3.8, 4) is 0 Å². The summed E-state index contributed by atoms with van der Waals surface area (Å²) in [6, 6.07) is 0. The molecule has 0 bridgehead atoms. The lowest BCUT2D eigenvalue weighted by Gasteiger charge is -2.33. The van der Waals surface area contributed by atoms with Crippen LogP contribution in [0.15, 0.2) is 0 Å². The number of ether oxygens (including phenoxy) is 1. The first kappa shape index (κ1) is 14.5. The third-order valence-electron chi connectivity index (χ3n) is 4.12. The molecule has 1 aliphatic rings.